The maximum Gasteiger partial charge on any atom is 0.263 e. The second-order valence-corrected chi connectivity index (χ2v) is 7.92. The molecule has 2 aromatic carbocycles. The first kappa shape index (κ1) is 19.6. The molecular formula is C20H22N4O3S. The van der Waals surface area contributed by atoms with E-state index in [0.717, 1.165) is 11.3 Å². The van der Waals surface area contributed by atoms with Crippen molar-refractivity contribution >= 4 is 27.3 Å². The zero-order valence-corrected chi connectivity index (χ0v) is 16.7. The van der Waals surface area contributed by atoms with Gasteiger partial charge in [0, 0.05) is 5.69 Å². The van der Waals surface area contributed by atoms with Crippen LogP contribution in [0.3, 0.4) is 0 Å². The highest BCUT2D eigenvalue weighted by Gasteiger charge is 2.15. The number of sulfonamides is 1. The van der Waals surface area contributed by atoms with Crippen LogP contribution in [0.25, 0.3) is 0 Å². The van der Waals surface area contributed by atoms with Crippen LogP contribution >= 0.6 is 0 Å². The fraction of sp³-hybridized carbons (Fsp3) is 0.200. The summed E-state index contributed by atoms with van der Waals surface area (Å²) in [4.78, 5) is 0.120. The minimum atomic E-state index is -3.76. The Morgan fingerprint density at radius 3 is 2.18 bits per heavy atom. The van der Waals surface area contributed by atoms with Gasteiger partial charge in [0.1, 0.15) is 5.75 Å². The van der Waals surface area contributed by atoms with E-state index in [2.05, 4.69) is 20.2 Å². The molecule has 0 spiro atoms. The highest BCUT2D eigenvalue weighted by molar-refractivity contribution is 7.92. The quantitative estimate of drug-likeness (QED) is 0.624. The van der Waals surface area contributed by atoms with Crippen molar-refractivity contribution in [1.29, 1.82) is 0 Å². The normalized spacial score (nSPS) is 11.1. The molecule has 8 heteroatoms. The minimum absolute atomic E-state index is 0.120. The van der Waals surface area contributed by atoms with Gasteiger partial charge >= 0.3 is 0 Å². The lowest BCUT2D eigenvalue weighted by atomic mass is 10.1. The molecular weight excluding hydrogens is 376 g/mol. The Morgan fingerprint density at radius 2 is 1.57 bits per heavy atom. The van der Waals surface area contributed by atoms with E-state index < -0.39 is 10.0 Å². The summed E-state index contributed by atoms with van der Waals surface area (Å²) in [5.74, 6) is 1.27. The van der Waals surface area contributed by atoms with Gasteiger partial charge < -0.3 is 10.1 Å². The molecule has 0 aliphatic rings. The molecule has 0 aliphatic carbocycles. The van der Waals surface area contributed by atoms with Crippen LogP contribution < -0.4 is 14.8 Å². The second kappa shape index (κ2) is 8.26. The number of nitrogens with zero attached hydrogens (tertiary/aromatic N) is 2. The smallest absolute Gasteiger partial charge is 0.263 e. The van der Waals surface area contributed by atoms with Gasteiger partial charge in [0.05, 0.1) is 11.5 Å². The van der Waals surface area contributed by atoms with Crippen LogP contribution in [0.5, 0.6) is 5.75 Å². The molecule has 0 amide bonds. The summed E-state index contributed by atoms with van der Waals surface area (Å²) in [6, 6.07) is 15.4. The maximum atomic E-state index is 12.5. The van der Waals surface area contributed by atoms with Crippen molar-refractivity contribution in [3.8, 4) is 5.75 Å². The zero-order valence-electron chi connectivity index (χ0n) is 15.9. The third-order valence-electron chi connectivity index (χ3n) is 4.13. The average Bonchev–Trinajstić information content (AvgIpc) is 2.67. The SMILES string of the molecule is CCOc1ccc(S(=O)(=O)Nc2ccc(Nc3ccc(C)c(C)c3)nn2)cc1. The summed E-state index contributed by atoms with van der Waals surface area (Å²) in [6.07, 6.45) is 0. The van der Waals surface area contributed by atoms with Gasteiger partial charge in [-0.1, -0.05) is 6.07 Å². The van der Waals surface area contributed by atoms with E-state index in [9.17, 15) is 8.42 Å². The van der Waals surface area contributed by atoms with E-state index in [-0.39, 0.29) is 10.7 Å². The zero-order chi connectivity index (χ0) is 20.1. The fourth-order valence-corrected chi connectivity index (χ4v) is 3.50. The molecule has 146 valence electrons. The molecule has 0 fully saturated rings. The molecule has 7 nitrogen and oxygen atoms in total. The molecule has 0 radical (unpaired) electrons. The summed E-state index contributed by atoms with van der Waals surface area (Å²) in [6.45, 7) is 6.46. The molecule has 0 unspecified atom stereocenters. The summed E-state index contributed by atoms with van der Waals surface area (Å²) < 4.78 is 32.7. The standard InChI is InChI=1S/C20H22N4O3S/c1-4-27-17-7-9-18(10-8-17)28(25,26)24-20-12-11-19(22-23-20)21-16-6-5-14(2)15(3)13-16/h5-13H,4H2,1-3H3,(H,21,22)(H,23,24). The fourth-order valence-electron chi connectivity index (χ4n) is 2.50. The van der Waals surface area contributed by atoms with Gasteiger partial charge in [0.25, 0.3) is 10.0 Å². The molecule has 0 aliphatic heterocycles. The van der Waals surface area contributed by atoms with Gasteiger partial charge in [-0.05, 0) is 80.4 Å². The third kappa shape index (κ3) is 4.77. The summed E-state index contributed by atoms with van der Waals surface area (Å²) in [5.41, 5.74) is 3.26. The number of hydrogen-bond acceptors (Lipinski definition) is 6. The molecule has 0 saturated heterocycles. The van der Waals surface area contributed by atoms with Crippen molar-refractivity contribution in [3.05, 3.63) is 65.7 Å². The first-order chi connectivity index (χ1) is 13.4. The molecule has 0 bridgehead atoms. The molecule has 1 aromatic heterocycles. The van der Waals surface area contributed by atoms with Gasteiger partial charge in [0.2, 0.25) is 0 Å². The van der Waals surface area contributed by atoms with Crippen LogP contribution in [-0.4, -0.2) is 25.2 Å². The molecule has 3 aromatic rings. The van der Waals surface area contributed by atoms with Crippen molar-refractivity contribution in [2.75, 3.05) is 16.6 Å². The number of nitrogens with one attached hydrogen (secondary N) is 2. The summed E-state index contributed by atoms with van der Waals surface area (Å²) in [5, 5.41) is 11.1. The average molecular weight is 398 g/mol. The maximum absolute atomic E-state index is 12.5. The first-order valence-corrected chi connectivity index (χ1v) is 10.3. The lowest BCUT2D eigenvalue weighted by Gasteiger charge is -2.10. The Hall–Kier alpha value is -3.13. The largest absolute Gasteiger partial charge is 0.494 e. The van der Waals surface area contributed by atoms with Crippen molar-refractivity contribution in [2.45, 2.75) is 25.7 Å². The van der Waals surface area contributed by atoms with E-state index in [1.165, 1.54) is 17.7 Å². The first-order valence-electron chi connectivity index (χ1n) is 8.81. The third-order valence-corrected chi connectivity index (χ3v) is 5.50. The number of hydrogen-bond donors (Lipinski definition) is 2. The Balaban J connectivity index is 1.69. The van der Waals surface area contributed by atoms with E-state index in [1.54, 1.807) is 24.3 Å². The molecule has 28 heavy (non-hydrogen) atoms. The Bertz CT molecular complexity index is 1050. The highest BCUT2D eigenvalue weighted by atomic mass is 32.2. The lowest BCUT2D eigenvalue weighted by Crippen LogP contribution is -2.14. The molecule has 0 atom stereocenters. The number of benzene rings is 2. The van der Waals surface area contributed by atoms with Crippen LogP contribution in [0.15, 0.2) is 59.5 Å². The van der Waals surface area contributed by atoms with Crippen LogP contribution in [0.4, 0.5) is 17.3 Å². The predicted octanol–water partition coefficient (Wildman–Crippen LogP) is 4.04. The number of aromatic nitrogens is 2. The van der Waals surface area contributed by atoms with E-state index in [1.807, 2.05) is 39.0 Å². The van der Waals surface area contributed by atoms with E-state index >= 15 is 0 Å². The summed E-state index contributed by atoms with van der Waals surface area (Å²) >= 11 is 0. The number of anilines is 3. The number of ether oxygens (including phenoxy) is 1. The molecule has 2 N–H and O–H groups in total. The van der Waals surface area contributed by atoms with Crippen molar-refractivity contribution in [2.24, 2.45) is 0 Å². The lowest BCUT2D eigenvalue weighted by molar-refractivity contribution is 0.340. The molecule has 3 rings (SSSR count). The van der Waals surface area contributed by atoms with Crippen LogP contribution in [0.2, 0.25) is 0 Å². The van der Waals surface area contributed by atoms with Gasteiger partial charge in [0.15, 0.2) is 11.6 Å². The minimum Gasteiger partial charge on any atom is -0.494 e. The van der Waals surface area contributed by atoms with E-state index in [4.69, 9.17) is 4.74 Å². The summed E-state index contributed by atoms with van der Waals surface area (Å²) in [7, 11) is -3.76. The Labute approximate surface area is 164 Å². The predicted molar refractivity (Wildman–Crippen MR) is 110 cm³/mol. The van der Waals surface area contributed by atoms with Crippen molar-refractivity contribution in [3.63, 3.8) is 0 Å². The topological polar surface area (TPSA) is 93.2 Å². The van der Waals surface area contributed by atoms with Crippen molar-refractivity contribution in [1.82, 2.24) is 10.2 Å². The highest BCUT2D eigenvalue weighted by Crippen LogP contribution is 2.20. The molecule has 1 heterocycles. The van der Waals surface area contributed by atoms with Gasteiger partial charge in [-0.3, -0.25) is 4.72 Å². The number of aryl methyl sites for hydroxylation is 2. The number of rotatable bonds is 7. The van der Waals surface area contributed by atoms with Crippen LogP contribution in [0.1, 0.15) is 18.1 Å². The van der Waals surface area contributed by atoms with Crippen LogP contribution in [0, 0.1) is 13.8 Å². The van der Waals surface area contributed by atoms with Crippen LogP contribution in [-0.2, 0) is 10.0 Å². The van der Waals surface area contributed by atoms with Gasteiger partial charge in [-0.25, -0.2) is 8.42 Å². The monoisotopic (exact) mass is 398 g/mol. The van der Waals surface area contributed by atoms with E-state index in [0.29, 0.717) is 18.2 Å². The van der Waals surface area contributed by atoms with Gasteiger partial charge in [-0.15, -0.1) is 10.2 Å². The van der Waals surface area contributed by atoms with Gasteiger partial charge in [-0.2, -0.15) is 0 Å². The Morgan fingerprint density at radius 1 is 0.893 bits per heavy atom. The second-order valence-electron chi connectivity index (χ2n) is 6.24. The van der Waals surface area contributed by atoms with Crippen molar-refractivity contribution < 1.29 is 13.2 Å². The molecule has 0 saturated carbocycles. The Kier molecular flexibility index (Phi) is 5.79.